The molecule has 110 valence electrons. The minimum absolute atomic E-state index is 0.0851. The normalized spacial score (nSPS) is 13.7. The standard InChI is InChI=1S/C14H16N4O3/c1-20-12-5-9(6-15-14(12)21-2)18-4-3-11-10(7-18)13(19)17-8-16-11/h5-6,8H,3-4,7H2,1-2H3,(H,16,17,19). The second-order valence-corrected chi connectivity index (χ2v) is 4.73. The van der Waals surface area contributed by atoms with Crippen molar-refractivity contribution in [2.45, 2.75) is 13.0 Å². The summed E-state index contributed by atoms with van der Waals surface area (Å²) in [4.78, 5) is 25.0. The molecule has 2 aromatic rings. The molecule has 0 atom stereocenters. The van der Waals surface area contributed by atoms with Gasteiger partial charge in [0.15, 0.2) is 5.75 Å². The molecule has 2 aromatic heterocycles. The van der Waals surface area contributed by atoms with Crippen molar-refractivity contribution in [3.05, 3.63) is 40.2 Å². The maximum atomic E-state index is 11.9. The van der Waals surface area contributed by atoms with E-state index in [1.165, 1.54) is 6.33 Å². The Kier molecular flexibility index (Phi) is 3.47. The number of hydrogen-bond donors (Lipinski definition) is 1. The monoisotopic (exact) mass is 288 g/mol. The Bertz CT molecular complexity index is 714. The van der Waals surface area contributed by atoms with E-state index in [0.29, 0.717) is 23.7 Å². The Labute approximate surface area is 121 Å². The molecule has 1 N–H and O–H groups in total. The summed E-state index contributed by atoms with van der Waals surface area (Å²) >= 11 is 0. The van der Waals surface area contributed by atoms with E-state index >= 15 is 0 Å². The van der Waals surface area contributed by atoms with Crippen LogP contribution in [0.4, 0.5) is 5.69 Å². The van der Waals surface area contributed by atoms with Gasteiger partial charge in [0.25, 0.3) is 11.4 Å². The molecular weight excluding hydrogens is 272 g/mol. The minimum Gasteiger partial charge on any atom is -0.491 e. The lowest BCUT2D eigenvalue weighted by Gasteiger charge is -2.29. The summed E-state index contributed by atoms with van der Waals surface area (Å²) in [7, 11) is 3.12. The molecule has 0 aromatic carbocycles. The average molecular weight is 288 g/mol. The van der Waals surface area contributed by atoms with E-state index in [1.807, 2.05) is 6.07 Å². The number of fused-ring (bicyclic) bond motifs is 1. The first-order chi connectivity index (χ1) is 10.2. The van der Waals surface area contributed by atoms with E-state index in [9.17, 15) is 4.79 Å². The number of H-pyrrole nitrogens is 1. The number of hydrogen-bond acceptors (Lipinski definition) is 6. The average Bonchev–Trinajstić information content (AvgIpc) is 2.54. The first-order valence-electron chi connectivity index (χ1n) is 6.61. The van der Waals surface area contributed by atoms with Crippen molar-refractivity contribution in [2.75, 3.05) is 25.7 Å². The van der Waals surface area contributed by atoms with Crippen LogP contribution in [0.25, 0.3) is 0 Å². The van der Waals surface area contributed by atoms with Gasteiger partial charge in [0.1, 0.15) is 0 Å². The van der Waals surface area contributed by atoms with Crippen LogP contribution in [0.1, 0.15) is 11.3 Å². The van der Waals surface area contributed by atoms with Crippen LogP contribution in [-0.4, -0.2) is 35.7 Å². The molecule has 0 radical (unpaired) electrons. The molecule has 0 saturated carbocycles. The fourth-order valence-corrected chi connectivity index (χ4v) is 2.47. The number of aromatic amines is 1. The first-order valence-corrected chi connectivity index (χ1v) is 6.61. The number of nitrogens with zero attached hydrogens (tertiary/aromatic N) is 3. The molecule has 1 aliphatic rings. The topological polar surface area (TPSA) is 80.3 Å². The largest absolute Gasteiger partial charge is 0.491 e. The molecule has 3 rings (SSSR count). The van der Waals surface area contributed by atoms with Crippen LogP contribution >= 0.6 is 0 Å². The predicted molar refractivity (Wildman–Crippen MR) is 77.0 cm³/mol. The van der Waals surface area contributed by atoms with Gasteiger partial charge in [0.05, 0.1) is 50.2 Å². The van der Waals surface area contributed by atoms with Gasteiger partial charge in [-0.05, 0) is 0 Å². The molecule has 0 unspecified atom stereocenters. The van der Waals surface area contributed by atoms with Crippen molar-refractivity contribution < 1.29 is 9.47 Å². The van der Waals surface area contributed by atoms with Crippen LogP contribution in [0.2, 0.25) is 0 Å². The molecule has 0 bridgehead atoms. The van der Waals surface area contributed by atoms with Crippen molar-refractivity contribution in [1.82, 2.24) is 15.0 Å². The summed E-state index contributed by atoms with van der Waals surface area (Å²) in [6.45, 7) is 1.29. The van der Waals surface area contributed by atoms with E-state index in [0.717, 1.165) is 24.3 Å². The van der Waals surface area contributed by atoms with Crippen molar-refractivity contribution in [1.29, 1.82) is 0 Å². The quantitative estimate of drug-likeness (QED) is 0.897. The number of aromatic nitrogens is 3. The van der Waals surface area contributed by atoms with Gasteiger partial charge in [-0.25, -0.2) is 9.97 Å². The van der Waals surface area contributed by atoms with Crippen LogP contribution in [0, 0.1) is 0 Å². The predicted octanol–water partition coefficient (Wildman–Crippen LogP) is 0.745. The number of pyridine rings is 1. The van der Waals surface area contributed by atoms with Crippen LogP contribution in [0.5, 0.6) is 11.6 Å². The summed E-state index contributed by atoms with van der Waals surface area (Å²) in [6.07, 6.45) is 3.90. The van der Waals surface area contributed by atoms with Crippen molar-refractivity contribution in [3.8, 4) is 11.6 Å². The Morgan fingerprint density at radius 1 is 1.29 bits per heavy atom. The maximum absolute atomic E-state index is 11.9. The zero-order valence-corrected chi connectivity index (χ0v) is 11.9. The lowest BCUT2D eigenvalue weighted by atomic mass is 10.1. The SMILES string of the molecule is COc1cc(N2CCc3nc[nH]c(=O)c3C2)cnc1OC. The zero-order valence-electron chi connectivity index (χ0n) is 11.9. The highest BCUT2D eigenvalue weighted by Gasteiger charge is 2.21. The van der Waals surface area contributed by atoms with Gasteiger partial charge < -0.3 is 19.4 Å². The molecule has 1 aliphatic heterocycles. The third-order valence-corrected chi connectivity index (χ3v) is 3.59. The number of anilines is 1. The lowest BCUT2D eigenvalue weighted by Crippen LogP contribution is -2.35. The van der Waals surface area contributed by atoms with E-state index in [2.05, 4.69) is 19.9 Å². The lowest BCUT2D eigenvalue weighted by molar-refractivity contribution is 0.343. The second kappa shape index (κ2) is 5.43. The third-order valence-electron chi connectivity index (χ3n) is 3.59. The highest BCUT2D eigenvalue weighted by atomic mass is 16.5. The fourth-order valence-electron chi connectivity index (χ4n) is 2.47. The number of ether oxygens (including phenoxy) is 2. The first kappa shape index (κ1) is 13.4. The molecule has 0 amide bonds. The van der Waals surface area contributed by atoms with Crippen molar-refractivity contribution in [2.24, 2.45) is 0 Å². The Morgan fingerprint density at radius 2 is 2.14 bits per heavy atom. The van der Waals surface area contributed by atoms with Crippen molar-refractivity contribution in [3.63, 3.8) is 0 Å². The smallest absolute Gasteiger partial charge is 0.256 e. The Hall–Kier alpha value is -2.57. The van der Waals surface area contributed by atoms with Gasteiger partial charge in [-0.3, -0.25) is 4.79 Å². The third kappa shape index (κ3) is 2.42. The summed E-state index contributed by atoms with van der Waals surface area (Å²) in [5.74, 6) is 1.01. The molecular formula is C14H16N4O3. The van der Waals surface area contributed by atoms with Gasteiger partial charge in [-0.15, -0.1) is 0 Å². The molecule has 3 heterocycles. The molecule has 0 aliphatic carbocycles. The zero-order chi connectivity index (χ0) is 14.8. The molecule has 7 nitrogen and oxygen atoms in total. The van der Waals surface area contributed by atoms with Crippen LogP contribution in [0.15, 0.2) is 23.4 Å². The van der Waals surface area contributed by atoms with Crippen LogP contribution in [-0.2, 0) is 13.0 Å². The van der Waals surface area contributed by atoms with E-state index < -0.39 is 0 Å². The molecule has 7 heteroatoms. The highest BCUT2D eigenvalue weighted by molar-refractivity contribution is 5.53. The molecule has 21 heavy (non-hydrogen) atoms. The van der Waals surface area contributed by atoms with Gasteiger partial charge in [0, 0.05) is 19.0 Å². The summed E-state index contributed by atoms with van der Waals surface area (Å²) in [5, 5.41) is 0. The number of methoxy groups -OCH3 is 2. The van der Waals surface area contributed by atoms with E-state index in [-0.39, 0.29) is 5.56 Å². The highest BCUT2D eigenvalue weighted by Crippen LogP contribution is 2.30. The van der Waals surface area contributed by atoms with Gasteiger partial charge in [-0.2, -0.15) is 0 Å². The maximum Gasteiger partial charge on any atom is 0.256 e. The second-order valence-electron chi connectivity index (χ2n) is 4.73. The number of rotatable bonds is 3. The summed E-state index contributed by atoms with van der Waals surface area (Å²) < 4.78 is 10.4. The van der Waals surface area contributed by atoms with Gasteiger partial charge >= 0.3 is 0 Å². The molecule has 0 spiro atoms. The van der Waals surface area contributed by atoms with E-state index in [4.69, 9.17) is 9.47 Å². The van der Waals surface area contributed by atoms with Crippen LogP contribution < -0.4 is 19.9 Å². The fraction of sp³-hybridized carbons (Fsp3) is 0.357. The Balaban J connectivity index is 1.93. The van der Waals surface area contributed by atoms with Crippen LogP contribution in [0.3, 0.4) is 0 Å². The summed E-state index contributed by atoms with van der Waals surface area (Å²) in [5.41, 5.74) is 2.38. The van der Waals surface area contributed by atoms with E-state index in [1.54, 1.807) is 20.4 Å². The van der Waals surface area contributed by atoms with Gasteiger partial charge in [-0.1, -0.05) is 0 Å². The Morgan fingerprint density at radius 3 is 2.90 bits per heavy atom. The number of nitrogens with one attached hydrogen (secondary N) is 1. The van der Waals surface area contributed by atoms with Crippen molar-refractivity contribution >= 4 is 5.69 Å². The van der Waals surface area contributed by atoms with Gasteiger partial charge in [0.2, 0.25) is 0 Å². The summed E-state index contributed by atoms with van der Waals surface area (Å²) in [6, 6.07) is 1.86. The molecule has 0 saturated heterocycles. The minimum atomic E-state index is -0.0851. The molecule has 0 fully saturated rings.